The van der Waals surface area contributed by atoms with Crippen molar-refractivity contribution in [3.8, 4) is 0 Å². The zero-order chi connectivity index (χ0) is 8.43. The number of aryl methyl sites for hydroxylation is 1. The van der Waals surface area contributed by atoms with Crippen LogP contribution in [0.2, 0.25) is 0 Å². The standard InChI is InChI=1S/C9H10OS.Zn/c1-6-5-8(7(2)10)3-4-9(6)11;/h3-5,11H,1-2H3;. The molecule has 0 saturated carbocycles. The summed E-state index contributed by atoms with van der Waals surface area (Å²) in [7, 11) is 0. The van der Waals surface area contributed by atoms with Crippen LogP contribution >= 0.6 is 12.6 Å². The van der Waals surface area contributed by atoms with Crippen molar-refractivity contribution in [1.29, 1.82) is 0 Å². The number of hydrogen-bond acceptors (Lipinski definition) is 2. The first-order chi connectivity index (χ1) is 5.11. The van der Waals surface area contributed by atoms with Crippen molar-refractivity contribution in [2.75, 3.05) is 0 Å². The van der Waals surface area contributed by atoms with Crippen LogP contribution in [0, 0.1) is 6.92 Å². The number of thiol groups is 1. The normalized spacial score (nSPS) is 8.92. The molecule has 0 bridgehead atoms. The van der Waals surface area contributed by atoms with Gasteiger partial charge in [0, 0.05) is 29.9 Å². The Labute approximate surface area is 90.7 Å². The Morgan fingerprint density at radius 2 is 2.00 bits per heavy atom. The summed E-state index contributed by atoms with van der Waals surface area (Å²) in [5.41, 5.74) is 1.79. The number of Topliss-reactive ketones (excluding diaryl/α,β-unsaturated/α-hetero) is 1. The van der Waals surface area contributed by atoms with Crippen molar-refractivity contribution >= 4 is 18.4 Å². The predicted octanol–water partition coefficient (Wildman–Crippen LogP) is 2.48. The molecule has 0 fully saturated rings. The third-order valence-electron chi connectivity index (χ3n) is 1.60. The van der Waals surface area contributed by atoms with Crippen molar-refractivity contribution < 1.29 is 24.3 Å². The van der Waals surface area contributed by atoms with E-state index < -0.39 is 0 Å². The second kappa shape index (κ2) is 4.78. The van der Waals surface area contributed by atoms with Crippen LogP contribution in [0.5, 0.6) is 0 Å². The molecule has 1 aromatic carbocycles. The van der Waals surface area contributed by atoms with Gasteiger partial charge in [-0.3, -0.25) is 4.79 Å². The summed E-state index contributed by atoms with van der Waals surface area (Å²) in [5, 5.41) is 0. The van der Waals surface area contributed by atoms with Crippen LogP contribution in [0.3, 0.4) is 0 Å². The molecular formula is C9H10OSZn. The molecule has 0 saturated heterocycles. The molecule has 0 spiro atoms. The van der Waals surface area contributed by atoms with E-state index in [4.69, 9.17) is 0 Å². The minimum absolute atomic E-state index is 0. The van der Waals surface area contributed by atoms with Crippen molar-refractivity contribution in [2.24, 2.45) is 0 Å². The number of carbonyl (C=O) groups is 1. The third-order valence-corrected chi connectivity index (χ3v) is 2.11. The molecule has 0 aromatic heterocycles. The SMILES string of the molecule is CC(=O)c1ccc(S)c(C)c1.[Zn]. The van der Waals surface area contributed by atoms with E-state index in [1.54, 1.807) is 13.0 Å². The number of hydrogen-bond donors (Lipinski definition) is 1. The quantitative estimate of drug-likeness (QED) is 0.446. The van der Waals surface area contributed by atoms with Gasteiger partial charge in [0.2, 0.25) is 0 Å². The average Bonchev–Trinajstić information content (AvgIpc) is 1.94. The van der Waals surface area contributed by atoms with Crippen LogP contribution < -0.4 is 0 Å². The van der Waals surface area contributed by atoms with Gasteiger partial charge in [-0.2, -0.15) is 0 Å². The van der Waals surface area contributed by atoms with Gasteiger partial charge in [-0.25, -0.2) is 0 Å². The van der Waals surface area contributed by atoms with Crippen molar-refractivity contribution in [3.05, 3.63) is 29.3 Å². The zero-order valence-corrected chi connectivity index (χ0v) is 11.2. The number of rotatable bonds is 1. The Morgan fingerprint density at radius 1 is 1.42 bits per heavy atom. The summed E-state index contributed by atoms with van der Waals surface area (Å²) in [6.45, 7) is 3.50. The fraction of sp³-hybridized carbons (Fsp3) is 0.222. The first-order valence-corrected chi connectivity index (χ1v) is 3.86. The first-order valence-electron chi connectivity index (χ1n) is 3.42. The molecule has 1 rings (SSSR count). The molecule has 0 aliphatic heterocycles. The van der Waals surface area contributed by atoms with E-state index in [1.165, 1.54) is 0 Å². The molecule has 3 heteroatoms. The molecule has 60 valence electrons. The van der Waals surface area contributed by atoms with Gasteiger partial charge in [0.15, 0.2) is 5.78 Å². The van der Waals surface area contributed by atoms with Crippen LogP contribution in [0.4, 0.5) is 0 Å². The molecule has 0 aliphatic carbocycles. The summed E-state index contributed by atoms with van der Waals surface area (Å²) < 4.78 is 0. The molecule has 0 unspecified atom stereocenters. The van der Waals surface area contributed by atoms with Crippen LogP contribution in [0.15, 0.2) is 23.1 Å². The Hall–Kier alpha value is -0.137. The summed E-state index contributed by atoms with van der Waals surface area (Å²) in [4.78, 5) is 11.8. The van der Waals surface area contributed by atoms with Crippen molar-refractivity contribution in [3.63, 3.8) is 0 Å². The van der Waals surface area contributed by atoms with Crippen molar-refractivity contribution in [1.82, 2.24) is 0 Å². The molecule has 0 amide bonds. The van der Waals surface area contributed by atoms with E-state index in [0.717, 1.165) is 16.0 Å². The fourth-order valence-corrected chi connectivity index (χ4v) is 1.01. The molecule has 0 heterocycles. The van der Waals surface area contributed by atoms with E-state index in [1.807, 2.05) is 19.1 Å². The van der Waals surface area contributed by atoms with Gasteiger partial charge < -0.3 is 0 Å². The number of benzene rings is 1. The van der Waals surface area contributed by atoms with Crippen molar-refractivity contribution in [2.45, 2.75) is 18.7 Å². The second-order valence-electron chi connectivity index (χ2n) is 2.56. The van der Waals surface area contributed by atoms with Gasteiger partial charge in [0.25, 0.3) is 0 Å². The molecule has 1 aromatic rings. The predicted molar refractivity (Wildman–Crippen MR) is 48.4 cm³/mol. The zero-order valence-electron chi connectivity index (χ0n) is 7.29. The van der Waals surface area contributed by atoms with E-state index in [9.17, 15) is 4.79 Å². The van der Waals surface area contributed by atoms with Crippen LogP contribution in [-0.4, -0.2) is 5.78 Å². The molecule has 0 aliphatic rings. The van der Waals surface area contributed by atoms with E-state index in [-0.39, 0.29) is 25.3 Å². The number of carbonyl (C=O) groups excluding carboxylic acids is 1. The summed E-state index contributed by atoms with van der Waals surface area (Å²) in [6.07, 6.45) is 0. The van der Waals surface area contributed by atoms with Gasteiger partial charge in [-0.15, -0.1) is 12.6 Å². The minimum Gasteiger partial charge on any atom is -0.295 e. The van der Waals surface area contributed by atoms with Gasteiger partial charge in [0.05, 0.1) is 0 Å². The molecule has 12 heavy (non-hydrogen) atoms. The maximum atomic E-state index is 10.9. The summed E-state index contributed by atoms with van der Waals surface area (Å²) in [6, 6.07) is 5.48. The van der Waals surface area contributed by atoms with Gasteiger partial charge in [0.1, 0.15) is 0 Å². The monoisotopic (exact) mass is 230 g/mol. The first kappa shape index (κ1) is 11.9. The fourth-order valence-electron chi connectivity index (χ4n) is 0.874. The molecule has 0 radical (unpaired) electrons. The summed E-state index contributed by atoms with van der Waals surface area (Å²) in [5.74, 6) is 0.0985. The van der Waals surface area contributed by atoms with E-state index in [0.29, 0.717) is 0 Å². The Balaban J connectivity index is 0.00000121. The minimum atomic E-state index is 0. The summed E-state index contributed by atoms with van der Waals surface area (Å²) >= 11 is 4.20. The second-order valence-corrected chi connectivity index (χ2v) is 3.04. The molecular weight excluding hydrogens is 222 g/mol. The van der Waals surface area contributed by atoms with E-state index >= 15 is 0 Å². The Bertz CT molecular complexity index is 297. The Kier molecular flexibility index (Phi) is 4.73. The molecule has 0 atom stereocenters. The average molecular weight is 232 g/mol. The molecule has 1 nitrogen and oxygen atoms in total. The van der Waals surface area contributed by atoms with Crippen LogP contribution in [-0.2, 0) is 19.5 Å². The van der Waals surface area contributed by atoms with Gasteiger partial charge in [-0.1, -0.05) is 6.07 Å². The van der Waals surface area contributed by atoms with Gasteiger partial charge >= 0.3 is 0 Å². The molecule has 0 N–H and O–H groups in total. The van der Waals surface area contributed by atoms with Crippen LogP contribution in [0.25, 0.3) is 0 Å². The Morgan fingerprint density at radius 3 is 2.42 bits per heavy atom. The van der Waals surface area contributed by atoms with Gasteiger partial charge in [-0.05, 0) is 31.5 Å². The van der Waals surface area contributed by atoms with E-state index in [2.05, 4.69) is 12.6 Å². The third kappa shape index (κ3) is 2.72. The van der Waals surface area contributed by atoms with Crippen LogP contribution in [0.1, 0.15) is 22.8 Å². The largest absolute Gasteiger partial charge is 0.295 e. The topological polar surface area (TPSA) is 17.1 Å². The number of ketones is 1. The smallest absolute Gasteiger partial charge is 0.159 e. The maximum Gasteiger partial charge on any atom is 0.159 e. The maximum absolute atomic E-state index is 10.9.